The van der Waals surface area contributed by atoms with Crippen LogP contribution >= 0.6 is 11.6 Å². The minimum Gasteiger partial charge on any atom is -0.384 e. The molecule has 1 atom stereocenters. The lowest BCUT2D eigenvalue weighted by atomic mass is 10.0. The van der Waals surface area contributed by atoms with Crippen molar-refractivity contribution in [3.63, 3.8) is 0 Å². The van der Waals surface area contributed by atoms with Gasteiger partial charge in [0.25, 0.3) is 0 Å². The maximum atomic E-state index is 13.7. The standard InChI is InChI=1S/C16H16ClFO/c1-19-11-10-12-6-8-13(9-7-12)16(17)14-4-2-3-5-15(14)18/h2-9,16H,10-11H2,1H3. The molecule has 1 unspecified atom stereocenters. The molecule has 0 radical (unpaired) electrons. The summed E-state index contributed by atoms with van der Waals surface area (Å²) in [5.74, 6) is -0.272. The van der Waals surface area contributed by atoms with Crippen molar-refractivity contribution in [1.29, 1.82) is 0 Å². The van der Waals surface area contributed by atoms with Crippen LogP contribution in [-0.4, -0.2) is 13.7 Å². The second-order valence-electron chi connectivity index (χ2n) is 4.37. The Morgan fingerprint density at radius 3 is 2.42 bits per heavy atom. The van der Waals surface area contributed by atoms with Gasteiger partial charge in [-0.05, 0) is 23.6 Å². The van der Waals surface area contributed by atoms with Gasteiger partial charge in [0.2, 0.25) is 0 Å². The summed E-state index contributed by atoms with van der Waals surface area (Å²) in [4.78, 5) is 0. The molecule has 0 amide bonds. The van der Waals surface area contributed by atoms with Gasteiger partial charge in [-0.25, -0.2) is 4.39 Å². The van der Waals surface area contributed by atoms with Gasteiger partial charge in [-0.3, -0.25) is 0 Å². The highest BCUT2D eigenvalue weighted by Crippen LogP contribution is 2.30. The zero-order valence-corrected chi connectivity index (χ0v) is 11.5. The molecule has 0 saturated heterocycles. The van der Waals surface area contributed by atoms with Crippen molar-refractivity contribution in [2.45, 2.75) is 11.8 Å². The monoisotopic (exact) mass is 278 g/mol. The summed E-state index contributed by atoms with van der Waals surface area (Å²) in [6.45, 7) is 0.691. The van der Waals surface area contributed by atoms with Gasteiger partial charge in [-0.1, -0.05) is 42.5 Å². The molecular formula is C16H16ClFO. The van der Waals surface area contributed by atoms with Gasteiger partial charge in [0.1, 0.15) is 5.82 Å². The van der Waals surface area contributed by atoms with Crippen LogP contribution in [0.4, 0.5) is 4.39 Å². The number of benzene rings is 2. The van der Waals surface area contributed by atoms with Crippen molar-refractivity contribution < 1.29 is 9.13 Å². The average molecular weight is 279 g/mol. The third kappa shape index (κ3) is 3.55. The molecule has 1 nitrogen and oxygen atoms in total. The Balaban J connectivity index is 2.16. The van der Waals surface area contributed by atoms with Crippen LogP contribution in [0.5, 0.6) is 0 Å². The van der Waals surface area contributed by atoms with Crippen LogP contribution in [0.2, 0.25) is 0 Å². The fraction of sp³-hybridized carbons (Fsp3) is 0.250. The van der Waals surface area contributed by atoms with Crippen molar-refractivity contribution in [2.24, 2.45) is 0 Å². The van der Waals surface area contributed by atoms with Gasteiger partial charge in [0.05, 0.1) is 12.0 Å². The second kappa shape index (κ2) is 6.69. The van der Waals surface area contributed by atoms with E-state index in [1.54, 1.807) is 25.3 Å². The first-order chi connectivity index (χ1) is 9.22. The molecule has 0 fully saturated rings. The third-order valence-electron chi connectivity index (χ3n) is 3.05. The van der Waals surface area contributed by atoms with E-state index in [0.717, 1.165) is 12.0 Å². The number of ether oxygens (including phenoxy) is 1. The van der Waals surface area contributed by atoms with E-state index in [-0.39, 0.29) is 5.82 Å². The molecule has 2 rings (SSSR count). The number of hydrogen-bond donors (Lipinski definition) is 0. The average Bonchev–Trinajstić information content (AvgIpc) is 2.45. The van der Waals surface area contributed by atoms with Crippen LogP contribution < -0.4 is 0 Å². The molecule has 0 aliphatic carbocycles. The zero-order valence-electron chi connectivity index (χ0n) is 10.8. The van der Waals surface area contributed by atoms with Crippen molar-refractivity contribution in [1.82, 2.24) is 0 Å². The smallest absolute Gasteiger partial charge is 0.128 e. The fourth-order valence-corrected chi connectivity index (χ4v) is 2.26. The SMILES string of the molecule is COCCc1ccc(C(Cl)c2ccccc2F)cc1. The van der Waals surface area contributed by atoms with Crippen LogP contribution in [0, 0.1) is 5.82 Å². The summed E-state index contributed by atoms with van der Waals surface area (Å²) in [6.07, 6.45) is 0.865. The predicted molar refractivity (Wildman–Crippen MR) is 76.1 cm³/mol. The molecule has 0 bridgehead atoms. The largest absolute Gasteiger partial charge is 0.384 e. The van der Waals surface area contributed by atoms with Crippen LogP contribution in [0.25, 0.3) is 0 Å². The maximum Gasteiger partial charge on any atom is 0.128 e. The van der Waals surface area contributed by atoms with E-state index in [0.29, 0.717) is 12.2 Å². The topological polar surface area (TPSA) is 9.23 Å². The Bertz CT molecular complexity index is 525. The molecule has 0 heterocycles. The van der Waals surface area contributed by atoms with E-state index in [2.05, 4.69) is 0 Å². The van der Waals surface area contributed by atoms with E-state index >= 15 is 0 Å². The van der Waals surface area contributed by atoms with Crippen LogP contribution in [-0.2, 0) is 11.2 Å². The predicted octanol–water partition coefficient (Wildman–Crippen LogP) is 4.34. The second-order valence-corrected chi connectivity index (χ2v) is 4.80. The van der Waals surface area contributed by atoms with Gasteiger partial charge in [-0.2, -0.15) is 0 Å². The van der Waals surface area contributed by atoms with Gasteiger partial charge < -0.3 is 4.74 Å². The lowest BCUT2D eigenvalue weighted by molar-refractivity contribution is 0.202. The first-order valence-corrected chi connectivity index (χ1v) is 6.62. The van der Waals surface area contributed by atoms with E-state index in [9.17, 15) is 4.39 Å². The molecule has 2 aromatic carbocycles. The Morgan fingerprint density at radius 2 is 1.79 bits per heavy atom. The van der Waals surface area contributed by atoms with E-state index in [4.69, 9.17) is 16.3 Å². The van der Waals surface area contributed by atoms with Crippen molar-refractivity contribution in [2.75, 3.05) is 13.7 Å². The third-order valence-corrected chi connectivity index (χ3v) is 3.53. The van der Waals surface area contributed by atoms with E-state index < -0.39 is 5.38 Å². The van der Waals surface area contributed by atoms with Crippen molar-refractivity contribution >= 4 is 11.6 Å². The van der Waals surface area contributed by atoms with Gasteiger partial charge in [0, 0.05) is 12.7 Å². The molecule has 0 N–H and O–H groups in total. The molecule has 0 aliphatic rings. The summed E-state index contributed by atoms with van der Waals surface area (Å²) >= 11 is 6.33. The highest BCUT2D eigenvalue weighted by molar-refractivity contribution is 6.22. The number of alkyl halides is 1. The highest BCUT2D eigenvalue weighted by atomic mass is 35.5. The van der Waals surface area contributed by atoms with E-state index in [1.807, 2.05) is 24.3 Å². The number of halogens is 2. The Hall–Kier alpha value is -1.38. The van der Waals surface area contributed by atoms with E-state index in [1.165, 1.54) is 11.6 Å². The fourth-order valence-electron chi connectivity index (χ4n) is 1.93. The van der Waals surface area contributed by atoms with Gasteiger partial charge in [0.15, 0.2) is 0 Å². The van der Waals surface area contributed by atoms with Crippen molar-refractivity contribution in [3.05, 3.63) is 71.0 Å². The molecule has 100 valence electrons. The summed E-state index contributed by atoms with van der Waals surface area (Å²) in [5, 5.41) is -0.460. The first kappa shape index (κ1) is 14.0. The van der Waals surface area contributed by atoms with Gasteiger partial charge >= 0.3 is 0 Å². The number of methoxy groups -OCH3 is 1. The lowest BCUT2D eigenvalue weighted by Crippen LogP contribution is -1.98. The Labute approximate surface area is 118 Å². The molecular weight excluding hydrogens is 263 g/mol. The van der Waals surface area contributed by atoms with Crippen LogP contribution in [0.1, 0.15) is 22.1 Å². The maximum absolute atomic E-state index is 13.7. The van der Waals surface area contributed by atoms with Gasteiger partial charge in [-0.15, -0.1) is 11.6 Å². The first-order valence-electron chi connectivity index (χ1n) is 6.18. The molecule has 0 aromatic heterocycles. The minimum atomic E-state index is -0.460. The highest BCUT2D eigenvalue weighted by Gasteiger charge is 2.14. The number of rotatable bonds is 5. The normalized spacial score (nSPS) is 12.4. The minimum absolute atomic E-state index is 0.272. The molecule has 0 aliphatic heterocycles. The summed E-state index contributed by atoms with van der Waals surface area (Å²) < 4.78 is 18.7. The molecule has 2 aromatic rings. The van der Waals surface area contributed by atoms with Crippen LogP contribution in [0.15, 0.2) is 48.5 Å². The molecule has 0 saturated carbocycles. The summed E-state index contributed by atoms with van der Waals surface area (Å²) in [5.41, 5.74) is 2.59. The Kier molecular flexibility index (Phi) is 4.94. The quantitative estimate of drug-likeness (QED) is 0.739. The lowest BCUT2D eigenvalue weighted by Gasteiger charge is -2.12. The zero-order chi connectivity index (χ0) is 13.7. The Morgan fingerprint density at radius 1 is 1.11 bits per heavy atom. The summed E-state index contributed by atoms with van der Waals surface area (Å²) in [7, 11) is 1.68. The number of hydrogen-bond acceptors (Lipinski definition) is 1. The molecule has 3 heteroatoms. The molecule has 19 heavy (non-hydrogen) atoms. The molecule has 0 spiro atoms. The van der Waals surface area contributed by atoms with Crippen molar-refractivity contribution in [3.8, 4) is 0 Å². The van der Waals surface area contributed by atoms with Crippen LogP contribution in [0.3, 0.4) is 0 Å². The summed E-state index contributed by atoms with van der Waals surface area (Å²) in [6, 6.07) is 14.5.